The first-order valence-electron chi connectivity index (χ1n) is 8.37. The van der Waals surface area contributed by atoms with E-state index < -0.39 is 5.97 Å². The molecule has 7 heteroatoms. The van der Waals surface area contributed by atoms with E-state index in [9.17, 15) is 9.59 Å². The van der Waals surface area contributed by atoms with E-state index in [0.29, 0.717) is 11.3 Å². The van der Waals surface area contributed by atoms with Crippen LogP contribution in [0.15, 0.2) is 16.7 Å². The van der Waals surface area contributed by atoms with Gasteiger partial charge in [0.2, 0.25) is 11.5 Å². The van der Waals surface area contributed by atoms with E-state index in [1.54, 1.807) is 6.92 Å². The Morgan fingerprint density at radius 1 is 1.32 bits per heavy atom. The van der Waals surface area contributed by atoms with Crippen LogP contribution in [-0.2, 0) is 16.0 Å². The Morgan fingerprint density at radius 3 is 2.76 bits per heavy atom. The lowest BCUT2D eigenvalue weighted by Crippen LogP contribution is -2.18. The van der Waals surface area contributed by atoms with Crippen molar-refractivity contribution in [3.8, 4) is 0 Å². The summed E-state index contributed by atoms with van der Waals surface area (Å²) in [5, 5.41) is 3.62. The molecule has 0 aromatic carbocycles. The van der Waals surface area contributed by atoms with Gasteiger partial charge in [0.1, 0.15) is 0 Å². The van der Waals surface area contributed by atoms with E-state index in [1.165, 1.54) is 6.07 Å². The van der Waals surface area contributed by atoms with Gasteiger partial charge >= 0.3 is 5.97 Å². The highest BCUT2D eigenvalue weighted by atomic mass is 16.6. The Labute approximate surface area is 145 Å². The lowest BCUT2D eigenvalue weighted by atomic mass is 10.1. The van der Waals surface area contributed by atoms with Gasteiger partial charge in [0, 0.05) is 36.2 Å². The number of hydrogen-bond donors (Lipinski definition) is 0. The van der Waals surface area contributed by atoms with Crippen LogP contribution in [0.4, 0.5) is 0 Å². The van der Waals surface area contributed by atoms with Crippen molar-refractivity contribution in [2.24, 2.45) is 0 Å². The predicted molar refractivity (Wildman–Crippen MR) is 88.7 cm³/mol. The van der Waals surface area contributed by atoms with Gasteiger partial charge in [-0.1, -0.05) is 5.16 Å². The monoisotopic (exact) mass is 346 g/mol. The average molecular weight is 346 g/mol. The van der Waals surface area contributed by atoms with Crippen LogP contribution in [-0.4, -0.2) is 40.8 Å². The van der Waals surface area contributed by atoms with E-state index in [0.717, 1.165) is 37.4 Å². The summed E-state index contributed by atoms with van der Waals surface area (Å²) in [5.41, 5.74) is 3.01. The second-order valence-electron chi connectivity index (χ2n) is 6.36. The molecule has 0 bridgehead atoms. The smallest absolute Gasteiger partial charge is 0.377 e. The molecule has 3 rings (SSSR count). The fourth-order valence-electron chi connectivity index (χ4n) is 3.10. The summed E-state index contributed by atoms with van der Waals surface area (Å²) >= 11 is 0. The summed E-state index contributed by atoms with van der Waals surface area (Å²) in [7, 11) is 0. The predicted octanol–water partition coefficient (Wildman–Crippen LogP) is 2.62. The lowest BCUT2D eigenvalue weighted by Gasteiger charge is -2.14. The van der Waals surface area contributed by atoms with E-state index >= 15 is 0 Å². The molecule has 1 fully saturated rings. The molecule has 0 unspecified atom stereocenters. The Morgan fingerprint density at radius 2 is 2.12 bits per heavy atom. The van der Waals surface area contributed by atoms with Crippen molar-refractivity contribution < 1.29 is 23.6 Å². The molecule has 0 radical (unpaired) electrons. The minimum absolute atomic E-state index is 0.00541. The number of nitrogens with zero attached hydrogens (tertiary/aromatic N) is 2. The zero-order valence-electron chi connectivity index (χ0n) is 14.7. The Hall–Kier alpha value is -2.41. The van der Waals surface area contributed by atoms with Crippen LogP contribution < -0.4 is 0 Å². The second-order valence-corrected chi connectivity index (χ2v) is 6.36. The molecule has 2 aromatic rings. The van der Waals surface area contributed by atoms with Crippen LogP contribution in [0.2, 0.25) is 0 Å². The summed E-state index contributed by atoms with van der Waals surface area (Å²) in [6.07, 6.45) is 2.31. The number of carbonyl (C=O) groups excluding carboxylic acids is 2. The van der Waals surface area contributed by atoms with Gasteiger partial charge in [-0.15, -0.1) is 0 Å². The molecule has 0 spiro atoms. The standard InChI is InChI=1S/C18H22N2O5/c1-11-7-17(25-19-11)18(22)24-10-16(21)15-8-12(2)20(13(15)3)9-14-5-4-6-23-14/h7-8,14H,4-6,9-10H2,1-3H3/t14-/m0/s1. The topological polar surface area (TPSA) is 83.6 Å². The maximum atomic E-state index is 12.4. The van der Waals surface area contributed by atoms with Gasteiger partial charge in [-0.3, -0.25) is 4.79 Å². The second kappa shape index (κ2) is 7.23. The minimum Gasteiger partial charge on any atom is -0.451 e. The van der Waals surface area contributed by atoms with Gasteiger partial charge in [0.25, 0.3) is 0 Å². The highest BCUT2D eigenvalue weighted by molar-refractivity contribution is 6.00. The summed E-state index contributed by atoms with van der Waals surface area (Å²) in [5.74, 6) is -0.937. The fraction of sp³-hybridized carbons (Fsp3) is 0.500. The molecule has 7 nitrogen and oxygen atoms in total. The first-order valence-corrected chi connectivity index (χ1v) is 8.37. The zero-order valence-corrected chi connectivity index (χ0v) is 14.7. The summed E-state index contributed by atoms with van der Waals surface area (Å²) < 4.78 is 17.6. The van der Waals surface area contributed by atoms with Crippen molar-refractivity contribution in [2.45, 2.75) is 46.3 Å². The molecule has 1 atom stereocenters. The summed E-state index contributed by atoms with van der Waals surface area (Å²) in [6, 6.07) is 3.30. The lowest BCUT2D eigenvalue weighted by molar-refractivity contribution is 0.0435. The van der Waals surface area contributed by atoms with Crippen molar-refractivity contribution in [1.29, 1.82) is 0 Å². The molecule has 1 aliphatic rings. The van der Waals surface area contributed by atoms with E-state index in [-0.39, 0.29) is 24.3 Å². The minimum atomic E-state index is -0.692. The van der Waals surface area contributed by atoms with Crippen molar-refractivity contribution in [3.05, 3.63) is 40.5 Å². The van der Waals surface area contributed by atoms with Crippen LogP contribution in [0.5, 0.6) is 0 Å². The van der Waals surface area contributed by atoms with Crippen LogP contribution in [0, 0.1) is 20.8 Å². The number of ether oxygens (including phenoxy) is 2. The van der Waals surface area contributed by atoms with Crippen LogP contribution >= 0.6 is 0 Å². The van der Waals surface area contributed by atoms with Gasteiger partial charge in [-0.25, -0.2) is 4.79 Å². The highest BCUT2D eigenvalue weighted by Gasteiger charge is 2.22. The molecular formula is C18H22N2O5. The Bertz CT molecular complexity index is 783. The Balaban J connectivity index is 1.64. The number of Topliss-reactive ketones (excluding diaryl/α,β-unsaturated/α-hetero) is 1. The fourth-order valence-corrected chi connectivity index (χ4v) is 3.10. The van der Waals surface area contributed by atoms with Gasteiger partial charge in [-0.05, 0) is 39.7 Å². The summed E-state index contributed by atoms with van der Waals surface area (Å²) in [4.78, 5) is 24.3. The molecule has 0 saturated carbocycles. The molecule has 2 aromatic heterocycles. The van der Waals surface area contributed by atoms with E-state index in [4.69, 9.17) is 14.0 Å². The van der Waals surface area contributed by atoms with Gasteiger partial charge in [0.05, 0.1) is 11.8 Å². The maximum absolute atomic E-state index is 12.4. The average Bonchev–Trinajstić information content (AvgIpc) is 3.30. The number of rotatable bonds is 6. The third kappa shape index (κ3) is 3.82. The third-order valence-electron chi connectivity index (χ3n) is 4.45. The first-order chi connectivity index (χ1) is 12.0. The molecule has 0 amide bonds. The van der Waals surface area contributed by atoms with E-state index in [2.05, 4.69) is 9.72 Å². The number of carbonyl (C=O) groups is 2. The van der Waals surface area contributed by atoms with Crippen molar-refractivity contribution in [2.75, 3.05) is 13.2 Å². The third-order valence-corrected chi connectivity index (χ3v) is 4.45. The van der Waals surface area contributed by atoms with Crippen molar-refractivity contribution in [1.82, 2.24) is 9.72 Å². The Kier molecular flexibility index (Phi) is 5.03. The molecule has 134 valence electrons. The number of hydrogen-bond acceptors (Lipinski definition) is 6. The highest BCUT2D eigenvalue weighted by Crippen LogP contribution is 2.21. The number of ketones is 1. The number of aryl methyl sites for hydroxylation is 2. The van der Waals surface area contributed by atoms with Crippen LogP contribution in [0.25, 0.3) is 0 Å². The van der Waals surface area contributed by atoms with Crippen LogP contribution in [0.3, 0.4) is 0 Å². The van der Waals surface area contributed by atoms with Gasteiger partial charge in [-0.2, -0.15) is 0 Å². The van der Waals surface area contributed by atoms with Gasteiger partial charge < -0.3 is 18.6 Å². The zero-order chi connectivity index (χ0) is 18.0. The molecule has 3 heterocycles. The van der Waals surface area contributed by atoms with Crippen molar-refractivity contribution in [3.63, 3.8) is 0 Å². The molecule has 1 saturated heterocycles. The molecule has 0 N–H and O–H groups in total. The normalized spacial score (nSPS) is 17.0. The molecule has 1 aliphatic heterocycles. The number of aromatic nitrogens is 2. The van der Waals surface area contributed by atoms with Gasteiger partial charge in [0.15, 0.2) is 6.61 Å². The maximum Gasteiger partial charge on any atom is 0.377 e. The number of esters is 1. The SMILES string of the molecule is Cc1cc(C(=O)OCC(=O)c2cc(C)n(C[C@@H]3CCCO3)c2C)on1. The molecular weight excluding hydrogens is 324 g/mol. The van der Waals surface area contributed by atoms with Crippen molar-refractivity contribution >= 4 is 11.8 Å². The largest absolute Gasteiger partial charge is 0.451 e. The quantitative estimate of drug-likeness (QED) is 0.590. The molecule has 25 heavy (non-hydrogen) atoms. The summed E-state index contributed by atoms with van der Waals surface area (Å²) in [6.45, 7) is 6.77. The molecule has 0 aliphatic carbocycles. The van der Waals surface area contributed by atoms with E-state index in [1.807, 2.05) is 19.9 Å². The van der Waals surface area contributed by atoms with Crippen LogP contribution in [0.1, 0.15) is 50.8 Å². The first kappa shape index (κ1) is 17.4.